The Morgan fingerprint density at radius 1 is 0.750 bits per heavy atom. The molecule has 0 bridgehead atoms. The third kappa shape index (κ3) is 11.1. The summed E-state index contributed by atoms with van der Waals surface area (Å²) in [4.78, 5) is 6.30. The fourth-order valence-corrected chi connectivity index (χ4v) is 3.22. The molecule has 1 rings (SSSR count). The Kier molecular flexibility index (Phi) is 12.3. The lowest BCUT2D eigenvalue weighted by Gasteiger charge is -2.12. The molecule has 1 aromatic rings. The summed E-state index contributed by atoms with van der Waals surface area (Å²) in [6, 6.07) is 5.97. The highest BCUT2D eigenvalue weighted by molar-refractivity contribution is 7.81. The maximum absolute atomic E-state index is 10.6. The van der Waals surface area contributed by atoms with Gasteiger partial charge in [-0.05, 0) is 37.8 Å². The molecule has 0 aromatic heterocycles. The van der Waals surface area contributed by atoms with Gasteiger partial charge in [0.05, 0.1) is 51.7 Å². The molecule has 0 saturated carbocycles. The summed E-state index contributed by atoms with van der Waals surface area (Å²) < 4.78 is 79.0. The lowest BCUT2D eigenvalue weighted by Crippen LogP contribution is -2.20. The van der Waals surface area contributed by atoms with E-state index in [1.807, 2.05) is 0 Å². The molecule has 0 aliphatic carbocycles. The van der Waals surface area contributed by atoms with E-state index >= 15 is 0 Å². The van der Waals surface area contributed by atoms with E-state index in [-0.39, 0.29) is 85.4 Å². The Labute approximate surface area is 207 Å². The van der Waals surface area contributed by atoms with Crippen molar-refractivity contribution in [3.05, 3.63) is 45.4 Å². The number of ether oxygens (including phenoxy) is 2. The Morgan fingerprint density at radius 3 is 1.36 bits per heavy atom. The summed E-state index contributed by atoms with van der Waals surface area (Å²) in [6.45, 7) is 13.9. The van der Waals surface area contributed by atoms with Crippen molar-refractivity contribution in [3.63, 3.8) is 0 Å². The van der Waals surface area contributed by atoms with Crippen molar-refractivity contribution < 1.29 is 43.8 Å². The third-order valence-corrected chi connectivity index (χ3v) is 5.01. The smallest absolute Gasteiger partial charge is 0.397 e. The second-order valence-electron chi connectivity index (χ2n) is 6.60. The molecule has 0 heterocycles. The Balaban J connectivity index is 3.22. The molecule has 36 heavy (non-hydrogen) atoms. The zero-order valence-corrected chi connectivity index (χ0v) is 20.2. The molecule has 0 spiro atoms. The van der Waals surface area contributed by atoms with Gasteiger partial charge in [0.25, 0.3) is 11.4 Å². The molecule has 0 aliphatic rings. The van der Waals surface area contributed by atoms with Gasteiger partial charge in [-0.15, -0.1) is 0 Å². The molecule has 0 fully saturated rings. The fraction of sp³-hybridized carbons (Fsp3) is 0.400. The van der Waals surface area contributed by atoms with E-state index in [0.717, 1.165) is 0 Å². The molecule has 0 aliphatic heterocycles. The van der Waals surface area contributed by atoms with Crippen LogP contribution in [0.5, 0.6) is 11.5 Å². The Morgan fingerprint density at radius 2 is 1.08 bits per heavy atom. The van der Waals surface area contributed by atoms with Gasteiger partial charge in [-0.2, -0.15) is 16.8 Å². The minimum Gasteiger partial charge on any atom is -0.494 e. The average Bonchev–Trinajstić information content (AvgIpc) is 2.80. The molecule has 0 amide bonds. The van der Waals surface area contributed by atoms with Gasteiger partial charge in [-0.3, -0.25) is 9.11 Å². The van der Waals surface area contributed by atoms with Crippen molar-refractivity contribution in [2.75, 3.05) is 26.4 Å². The summed E-state index contributed by atoms with van der Waals surface area (Å²) in [5, 5.41) is 18.7. The van der Waals surface area contributed by atoms with Crippen LogP contribution < -0.4 is 19.9 Å². The number of unbranched alkanes of at least 4 members (excludes halogenated alkanes) is 2. The van der Waals surface area contributed by atoms with Crippen molar-refractivity contribution in [2.45, 2.75) is 25.7 Å². The first-order valence-electron chi connectivity index (χ1n) is 9.92. The van der Waals surface area contributed by atoms with Crippen LogP contribution >= 0.6 is 0 Å². The second kappa shape index (κ2) is 14.6. The number of rotatable bonds is 14. The largest absolute Gasteiger partial charge is 0.494 e. The van der Waals surface area contributed by atoms with Crippen LogP contribution in [-0.4, -0.2) is 52.4 Å². The zero-order valence-electron chi connectivity index (χ0n) is 18.6. The lowest BCUT2D eigenvalue weighted by atomic mass is 10.1. The summed E-state index contributed by atoms with van der Waals surface area (Å²) >= 11 is 0. The van der Waals surface area contributed by atoms with E-state index in [1.54, 1.807) is 12.1 Å². The van der Waals surface area contributed by atoms with Crippen LogP contribution in [-0.2, 0) is 29.2 Å². The summed E-state index contributed by atoms with van der Waals surface area (Å²) in [7, 11) is -9.13. The van der Waals surface area contributed by atoms with Crippen LogP contribution in [0.25, 0.3) is 21.1 Å². The minimum atomic E-state index is -4.57. The number of nitrogens with zero attached hydrogens (tertiary/aromatic N) is 4. The minimum absolute atomic E-state index is 0.00134. The second-order valence-corrected chi connectivity index (χ2v) is 8.78. The summed E-state index contributed by atoms with van der Waals surface area (Å²) in [6.07, 6.45) is 0.872. The topological polar surface area (TPSA) is 202 Å². The zero-order chi connectivity index (χ0) is 27.2. The average molecular weight is 541 g/mol. The molecule has 0 saturated heterocycles. The van der Waals surface area contributed by atoms with Crippen LogP contribution in [0, 0.1) is 35.8 Å². The van der Waals surface area contributed by atoms with E-state index in [2.05, 4.69) is 18.1 Å². The van der Waals surface area contributed by atoms with Crippen LogP contribution in [0.2, 0.25) is 0 Å². The van der Waals surface area contributed by atoms with Gasteiger partial charge < -0.3 is 9.47 Å². The third-order valence-electron chi connectivity index (χ3n) is 4.08. The number of nitriles is 2. The number of benzene rings is 1. The first-order valence-corrected chi connectivity index (χ1v) is 12.7. The van der Waals surface area contributed by atoms with Crippen LogP contribution in [0.4, 0.5) is 0 Å². The molecule has 192 valence electrons. The number of hydrogen-bond donors (Lipinski definition) is 2. The monoisotopic (exact) mass is 540 g/mol. The highest BCUT2D eigenvalue weighted by Crippen LogP contribution is 2.13. The van der Waals surface area contributed by atoms with Crippen molar-refractivity contribution in [1.82, 2.24) is 0 Å². The van der Waals surface area contributed by atoms with E-state index in [9.17, 15) is 27.4 Å². The quantitative estimate of drug-likeness (QED) is 0.191. The molecule has 0 unspecified atom stereocenters. The maximum Gasteiger partial charge on any atom is 0.397 e. The first kappa shape index (κ1) is 30.3. The van der Waals surface area contributed by atoms with Crippen molar-refractivity contribution in [3.8, 4) is 23.6 Å². The molecule has 1 aromatic carbocycles. The predicted molar refractivity (Wildman–Crippen MR) is 121 cm³/mol. The highest BCUT2D eigenvalue weighted by atomic mass is 32.3. The van der Waals surface area contributed by atoms with Gasteiger partial charge >= 0.3 is 20.8 Å². The Bertz CT molecular complexity index is 1300. The van der Waals surface area contributed by atoms with E-state index in [4.69, 9.17) is 31.7 Å². The predicted octanol–water partition coefficient (Wildman–Crippen LogP) is 0.746. The molecular weight excluding hydrogens is 520 g/mol. The standard InChI is InChI=1S/C20H20N4O10S2/c1-23-17(13-21)15-11-20(32-8-4-6-10-34-36(28,29)30)16(18(14-22)24-2)12-19(15)31-7-3-5-9-33-35(25,26)27/h11-12H,3-10H2,(H,25,26,27)(H,28,29,30)/b17-15-,18-16+. The molecule has 0 atom stereocenters. The van der Waals surface area contributed by atoms with Crippen LogP contribution in [0.3, 0.4) is 0 Å². The first-order chi connectivity index (χ1) is 17.0. The molecule has 0 radical (unpaired) electrons. The summed E-state index contributed by atoms with van der Waals surface area (Å²) in [5.74, 6) is -0.00268. The molecular formula is C20H20N4O10S2. The van der Waals surface area contributed by atoms with E-state index in [0.29, 0.717) is 0 Å². The maximum atomic E-state index is 10.6. The van der Waals surface area contributed by atoms with Crippen LogP contribution in [0.1, 0.15) is 25.7 Å². The number of hydrogen-bond acceptors (Lipinski definition) is 10. The van der Waals surface area contributed by atoms with Gasteiger partial charge in [-0.1, -0.05) is 0 Å². The van der Waals surface area contributed by atoms with Gasteiger partial charge in [0.2, 0.25) is 0 Å². The fourth-order valence-electron chi connectivity index (χ4n) is 2.56. The van der Waals surface area contributed by atoms with E-state index < -0.39 is 20.8 Å². The molecule has 16 heteroatoms. The van der Waals surface area contributed by atoms with Crippen molar-refractivity contribution >= 4 is 32.2 Å². The van der Waals surface area contributed by atoms with Gasteiger partial charge in [-0.25, -0.2) is 28.6 Å². The van der Waals surface area contributed by atoms with Crippen molar-refractivity contribution in [2.24, 2.45) is 0 Å². The lowest BCUT2D eigenvalue weighted by molar-refractivity contribution is 0.241. The molecule has 14 nitrogen and oxygen atoms in total. The van der Waals surface area contributed by atoms with Crippen molar-refractivity contribution in [1.29, 1.82) is 10.5 Å². The summed E-state index contributed by atoms with van der Waals surface area (Å²) in [5.41, 5.74) is -0.724. The molecule has 2 N–H and O–H groups in total. The van der Waals surface area contributed by atoms with Gasteiger partial charge in [0, 0.05) is 10.4 Å². The Hall–Kier alpha value is -3.74. The normalized spacial score (nSPS) is 12.8. The van der Waals surface area contributed by atoms with Gasteiger partial charge in [0.15, 0.2) is 0 Å². The van der Waals surface area contributed by atoms with E-state index in [1.165, 1.54) is 12.1 Å². The van der Waals surface area contributed by atoms with Gasteiger partial charge in [0.1, 0.15) is 11.5 Å². The SMILES string of the molecule is [C-]#[N+]/C(C#N)=c1/cc(OCCCCOS(=O)(=O)O)/c(=C(\C#N)[N+]#[C-])cc1OCCCCOS(=O)(=O)O. The van der Waals surface area contributed by atoms with Crippen LogP contribution in [0.15, 0.2) is 12.1 Å². The highest BCUT2D eigenvalue weighted by Gasteiger charge is 2.12.